The quantitative estimate of drug-likeness (QED) is 0.467. The number of hydrogen-bond acceptors (Lipinski definition) is 0. The van der Waals surface area contributed by atoms with Crippen molar-refractivity contribution in [2.75, 3.05) is 0 Å². The molecule has 0 aromatic rings. The second-order valence-corrected chi connectivity index (χ2v) is 5.21. The van der Waals surface area contributed by atoms with Crippen LogP contribution >= 0.6 is 22.6 Å². The Labute approximate surface area is 86.9 Å². The molecule has 62 valence electrons. The Kier molecular flexibility index (Phi) is 1.99. The highest BCUT2D eigenvalue weighted by Gasteiger charge is 2.31. The first kappa shape index (κ1) is 8.30. The first-order chi connectivity index (χ1) is 5.71. The number of fused-ring (bicyclic) bond motifs is 1. The van der Waals surface area contributed by atoms with Crippen molar-refractivity contribution >= 4 is 22.6 Å². The summed E-state index contributed by atoms with van der Waals surface area (Å²) in [5.74, 6) is 0.548. The highest BCUT2D eigenvalue weighted by Crippen LogP contribution is 2.39. The zero-order valence-corrected chi connectivity index (χ0v) is 9.15. The molecule has 0 fully saturated rings. The summed E-state index contributed by atoms with van der Waals surface area (Å²) in [5.41, 5.74) is 1.36. The molecule has 2 aliphatic rings. The van der Waals surface area contributed by atoms with Crippen molar-refractivity contribution in [2.45, 2.75) is 10.3 Å². The van der Waals surface area contributed by atoms with Crippen LogP contribution in [0, 0.1) is 5.92 Å². The highest BCUT2D eigenvalue weighted by atomic mass is 127. The van der Waals surface area contributed by atoms with Gasteiger partial charge in [-0.1, -0.05) is 70.7 Å². The fourth-order valence-electron chi connectivity index (χ4n) is 1.65. The van der Waals surface area contributed by atoms with Gasteiger partial charge < -0.3 is 0 Å². The second kappa shape index (κ2) is 2.87. The van der Waals surface area contributed by atoms with E-state index < -0.39 is 0 Å². The number of halogens is 1. The third kappa shape index (κ3) is 1.30. The number of hydrogen-bond donors (Lipinski definition) is 0. The maximum atomic E-state index is 2.52. The molecule has 0 saturated carbocycles. The number of allylic oxidation sites excluding steroid dienone is 8. The average Bonchev–Trinajstić information content (AvgIpc) is 2.02. The zero-order valence-electron chi connectivity index (χ0n) is 7.00. The Hall–Kier alpha value is -0.310. The van der Waals surface area contributed by atoms with Crippen molar-refractivity contribution in [1.29, 1.82) is 0 Å². The molecule has 0 N–H and O–H groups in total. The molecule has 2 rings (SSSR count). The fraction of sp³-hybridized carbons (Fsp3) is 0.273. The summed E-state index contributed by atoms with van der Waals surface area (Å²) in [7, 11) is 0. The van der Waals surface area contributed by atoms with E-state index in [1.807, 2.05) is 0 Å². The molecule has 0 aliphatic heterocycles. The summed E-state index contributed by atoms with van der Waals surface area (Å²) in [6.07, 6.45) is 15.6. The minimum absolute atomic E-state index is 0.200. The van der Waals surface area contributed by atoms with Crippen molar-refractivity contribution in [3.63, 3.8) is 0 Å². The topological polar surface area (TPSA) is 0 Å². The molecule has 0 saturated heterocycles. The molecule has 0 spiro atoms. The molecular weight excluding hydrogens is 259 g/mol. The van der Waals surface area contributed by atoms with Gasteiger partial charge in [-0.3, -0.25) is 0 Å². The summed E-state index contributed by atoms with van der Waals surface area (Å²) in [6, 6.07) is 0. The first-order valence-corrected chi connectivity index (χ1v) is 5.21. The van der Waals surface area contributed by atoms with Gasteiger partial charge in [0.15, 0.2) is 0 Å². The van der Waals surface area contributed by atoms with Crippen LogP contribution in [0.25, 0.3) is 0 Å². The number of rotatable bonds is 0. The Morgan fingerprint density at radius 1 is 1.33 bits per heavy atom. The molecular formula is C11H11I. The van der Waals surface area contributed by atoms with E-state index in [4.69, 9.17) is 0 Å². The second-order valence-electron chi connectivity index (χ2n) is 3.34. The largest absolute Gasteiger partial charge is 0.0757 e. The van der Waals surface area contributed by atoms with E-state index in [9.17, 15) is 0 Å². The Balaban J connectivity index is 2.42. The van der Waals surface area contributed by atoms with Crippen molar-refractivity contribution in [1.82, 2.24) is 0 Å². The predicted molar refractivity (Wildman–Crippen MR) is 61.4 cm³/mol. The van der Waals surface area contributed by atoms with Gasteiger partial charge in [0.2, 0.25) is 0 Å². The monoisotopic (exact) mass is 270 g/mol. The van der Waals surface area contributed by atoms with E-state index in [2.05, 4.69) is 72.0 Å². The van der Waals surface area contributed by atoms with Crippen molar-refractivity contribution in [2.24, 2.45) is 5.92 Å². The standard InChI is InChI=1S/C11H11I/c1-9-5-6-10-4-2-3-7-11(10,12)8-9/h2-8,10H,1H3/t10?,11-/m1/s1. The van der Waals surface area contributed by atoms with Crippen LogP contribution in [0.4, 0.5) is 0 Å². The van der Waals surface area contributed by atoms with Gasteiger partial charge in [0, 0.05) is 5.92 Å². The molecule has 0 radical (unpaired) electrons. The van der Waals surface area contributed by atoms with Crippen LogP contribution in [-0.2, 0) is 0 Å². The molecule has 0 aromatic carbocycles. The Morgan fingerprint density at radius 3 is 3.00 bits per heavy atom. The summed E-state index contributed by atoms with van der Waals surface area (Å²) in [6.45, 7) is 2.15. The lowest BCUT2D eigenvalue weighted by atomic mass is 9.83. The van der Waals surface area contributed by atoms with Gasteiger partial charge in [-0.2, -0.15) is 0 Å². The lowest BCUT2D eigenvalue weighted by molar-refractivity contribution is 0.731. The molecule has 2 atom stereocenters. The molecule has 1 heteroatoms. The zero-order chi connectivity index (χ0) is 8.60. The predicted octanol–water partition coefficient (Wildman–Crippen LogP) is 3.42. The summed E-state index contributed by atoms with van der Waals surface area (Å²) < 4.78 is 0.200. The van der Waals surface area contributed by atoms with E-state index in [0.29, 0.717) is 5.92 Å². The highest BCUT2D eigenvalue weighted by molar-refractivity contribution is 14.1. The SMILES string of the molecule is CC1=C[C@]2(I)C=CC=CC2C=C1. The van der Waals surface area contributed by atoms with Gasteiger partial charge in [-0.25, -0.2) is 0 Å². The van der Waals surface area contributed by atoms with Gasteiger partial charge in [0.1, 0.15) is 0 Å². The van der Waals surface area contributed by atoms with Crippen LogP contribution in [-0.4, -0.2) is 3.42 Å². The third-order valence-corrected chi connectivity index (χ3v) is 3.70. The molecule has 1 unspecified atom stereocenters. The molecule has 0 bridgehead atoms. The molecule has 12 heavy (non-hydrogen) atoms. The van der Waals surface area contributed by atoms with Crippen molar-refractivity contribution in [3.8, 4) is 0 Å². The van der Waals surface area contributed by atoms with Crippen LogP contribution in [0.15, 0.2) is 48.1 Å². The minimum atomic E-state index is 0.200. The molecule has 0 aromatic heterocycles. The van der Waals surface area contributed by atoms with Crippen LogP contribution in [0.2, 0.25) is 0 Å². The molecule has 0 amide bonds. The molecule has 0 heterocycles. The van der Waals surface area contributed by atoms with Gasteiger partial charge in [0.05, 0.1) is 3.42 Å². The first-order valence-electron chi connectivity index (χ1n) is 4.13. The van der Waals surface area contributed by atoms with Gasteiger partial charge in [-0.15, -0.1) is 0 Å². The van der Waals surface area contributed by atoms with Crippen molar-refractivity contribution < 1.29 is 0 Å². The van der Waals surface area contributed by atoms with E-state index in [1.165, 1.54) is 5.57 Å². The number of alkyl halides is 1. The maximum absolute atomic E-state index is 2.52. The maximum Gasteiger partial charge on any atom is 0.0686 e. The van der Waals surface area contributed by atoms with Gasteiger partial charge in [0.25, 0.3) is 0 Å². The summed E-state index contributed by atoms with van der Waals surface area (Å²) in [5, 5.41) is 0. The van der Waals surface area contributed by atoms with E-state index in [1.54, 1.807) is 0 Å². The summed E-state index contributed by atoms with van der Waals surface area (Å²) in [4.78, 5) is 0. The van der Waals surface area contributed by atoms with Gasteiger partial charge >= 0.3 is 0 Å². The Morgan fingerprint density at radius 2 is 2.17 bits per heavy atom. The van der Waals surface area contributed by atoms with E-state index >= 15 is 0 Å². The van der Waals surface area contributed by atoms with Crippen LogP contribution in [0.1, 0.15) is 6.92 Å². The van der Waals surface area contributed by atoms with E-state index in [-0.39, 0.29) is 3.42 Å². The van der Waals surface area contributed by atoms with Crippen LogP contribution in [0.3, 0.4) is 0 Å². The fourth-order valence-corrected chi connectivity index (χ4v) is 2.77. The average molecular weight is 270 g/mol. The lowest BCUT2D eigenvalue weighted by Gasteiger charge is -2.31. The van der Waals surface area contributed by atoms with Crippen molar-refractivity contribution in [3.05, 3.63) is 48.1 Å². The summed E-state index contributed by atoms with van der Waals surface area (Å²) >= 11 is 2.52. The van der Waals surface area contributed by atoms with Crippen LogP contribution in [0.5, 0.6) is 0 Å². The van der Waals surface area contributed by atoms with Gasteiger partial charge in [-0.05, 0) is 6.92 Å². The normalized spacial score (nSPS) is 37.8. The Bertz CT molecular complexity index is 307. The smallest absolute Gasteiger partial charge is 0.0686 e. The minimum Gasteiger partial charge on any atom is -0.0757 e. The third-order valence-electron chi connectivity index (χ3n) is 2.31. The van der Waals surface area contributed by atoms with Crippen LogP contribution < -0.4 is 0 Å². The lowest BCUT2D eigenvalue weighted by Crippen LogP contribution is -2.27. The molecule has 0 nitrogen and oxygen atoms in total. The molecule has 2 aliphatic carbocycles. The van der Waals surface area contributed by atoms with E-state index in [0.717, 1.165) is 0 Å².